The number of carboxylic acid groups (broad SMARTS) is 1. The van der Waals surface area contributed by atoms with Crippen LogP contribution in [-0.4, -0.2) is 23.8 Å². The Hall–Kier alpha value is -0.570. The van der Waals surface area contributed by atoms with Crippen LogP contribution in [0.2, 0.25) is 0 Å². The Morgan fingerprint density at radius 2 is 1.66 bits per heavy atom. The molecule has 0 aromatic heterocycles. The summed E-state index contributed by atoms with van der Waals surface area (Å²) in [5.74, 6) is 5.31. The van der Waals surface area contributed by atoms with Gasteiger partial charge >= 0.3 is 5.97 Å². The first-order chi connectivity index (χ1) is 15.1. The van der Waals surface area contributed by atoms with E-state index >= 15 is 0 Å². The van der Waals surface area contributed by atoms with Crippen LogP contribution in [0.1, 0.15) is 112 Å². The van der Waals surface area contributed by atoms with Gasteiger partial charge in [-0.25, -0.2) is 4.79 Å². The summed E-state index contributed by atoms with van der Waals surface area (Å²) in [6, 6.07) is 0. The van der Waals surface area contributed by atoms with Crippen LogP contribution in [0, 0.1) is 52.3 Å². The van der Waals surface area contributed by atoms with Gasteiger partial charge in [-0.15, -0.1) is 0 Å². The summed E-state index contributed by atoms with van der Waals surface area (Å²) < 4.78 is 5.75. The number of hydrogen-bond acceptors (Lipinski definition) is 2. The Morgan fingerprint density at radius 3 is 2.38 bits per heavy atom. The minimum atomic E-state index is -0.831. The maximum Gasteiger partial charge on any atom is 0.329 e. The molecule has 4 saturated carbocycles. The third kappa shape index (κ3) is 4.53. The molecular weight excluding hydrogens is 396 g/mol. The van der Waals surface area contributed by atoms with Gasteiger partial charge in [-0.2, -0.15) is 0 Å². The molecule has 0 spiro atoms. The predicted molar refractivity (Wildman–Crippen MR) is 130 cm³/mol. The zero-order valence-electron chi connectivity index (χ0n) is 21.6. The van der Waals surface area contributed by atoms with Crippen molar-refractivity contribution < 1.29 is 14.6 Å². The van der Waals surface area contributed by atoms with Gasteiger partial charge < -0.3 is 9.84 Å². The minimum absolute atomic E-state index is 0.128. The maximum atomic E-state index is 10.9. The van der Waals surface area contributed by atoms with E-state index in [2.05, 4.69) is 34.6 Å². The standard InChI is InChI=1S/C29H50O3/c1-19(2)7-6-8-20(3)24-11-12-25-23-10-9-21-17-22(32-18-27(30)31)13-15-28(21,4)26(23)14-16-29(24,25)5/h19-26H,6-18H2,1-5H3,(H,30,31)/t20-,21?,22?,23+,24-,25+,26+,28+,29-/m1/s1. The van der Waals surface area contributed by atoms with E-state index in [-0.39, 0.29) is 12.7 Å². The zero-order valence-corrected chi connectivity index (χ0v) is 21.6. The number of fused-ring (bicyclic) bond motifs is 5. The van der Waals surface area contributed by atoms with E-state index in [9.17, 15) is 4.79 Å². The lowest BCUT2D eigenvalue weighted by atomic mass is 9.44. The Bertz CT molecular complexity index is 659. The maximum absolute atomic E-state index is 10.9. The third-order valence-electron chi connectivity index (χ3n) is 11.3. The summed E-state index contributed by atoms with van der Waals surface area (Å²) in [6.45, 7) is 12.5. The van der Waals surface area contributed by atoms with Crippen LogP contribution >= 0.6 is 0 Å². The van der Waals surface area contributed by atoms with Crippen LogP contribution in [-0.2, 0) is 9.53 Å². The molecule has 0 aromatic carbocycles. The van der Waals surface area contributed by atoms with Gasteiger partial charge in [0.15, 0.2) is 0 Å². The molecule has 3 heteroatoms. The predicted octanol–water partition coefficient (Wildman–Crippen LogP) is 7.58. The number of hydrogen-bond donors (Lipinski definition) is 1. The topological polar surface area (TPSA) is 46.5 Å². The molecule has 3 nitrogen and oxygen atoms in total. The van der Waals surface area contributed by atoms with E-state index in [4.69, 9.17) is 9.84 Å². The van der Waals surface area contributed by atoms with Crippen LogP contribution in [0.25, 0.3) is 0 Å². The number of ether oxygens (including phenoxy) is 1. The van der Waals surface area contributed by atoms with E-state index in [0.717, 1.165) is 54.3 Å². The van der Waals surface area contributed by atoms with E-state index in [1.54, 1.807) is 0 Å². The van der Waals surface area contributed by atoms with Gasteiger partial charge in [-0.3, -0.25) is 0 Å². The molecule has 4 aliphatic rings. The number of aliphatic carboxylic acids is 1. The quantitative estimate of drug-likeness (QED) is 0.418. The minimum Gasteiger partial charge on any atom is -0.480 e. The largest absolute Gasteiger partial charge is 0.480 e. The second-order valence-corrected chi connectivity index (χ2v) is 13.3. The van der Waals surface area contributed by atoms with Crippen molar-refractivity contribution in [1.82, 2.24) is 0 Å². The molecule has 0 heterocycles. The van der Waals surface area contributed by atoms with Crippen LogP contribution < -0.4 is 0 Å². The van der Waals surface area contributed by atoms with E-state index < -0.39 is 5.97 Å². The highest BCUT2D eigenvalue weighted by Crippen LogP contribution is 2.68. The summed E-state index contributed by atoms with van der Waals surface area (Å²) in [4.78, 5) is 10.9. The van der Waals surface area contributed by atoms with Gasteiger partial charge in [0.05, 0.1) is 6.10 Å². The van der Waals surface area contributed by atoms with E-state index in [1.165, 1.54) is 64.2 Å². The second kappa shape index (κ2) is 9.59. The third-order valence-corrected chi connectivity index (χ3v) is 11.3. The Kier molecular flexibility index (Phi) is 7.36. The summed E-state index contributed by atoms with van der Waals surface area (Å²) in [5.41, 5.74) is 1.03. The summed E-state index contributed by atoms with van der Waals surface area (Å²) in [6.07, 6.45) is 16.3. The average Bonchev–Trinajstić information content (AvgIpc) is 3.09. The Labute approximate surface area is 197 Å². The molecule has 184 valence electrons. The first kappa shape index (κ1) is 24.6. The first-order valence-electron chi connectivity index (χ1n) is 14.0. The molecule has 0 aromatic rings. The van der Waals surface area contributed by atoms with E-state index in [0.29, 0.717) is 10.8 Å². The average molecular weight is 447 g/mol. The van der Waals surface area contributed by atoms with Crippen molar-refractivity contribution in [3.63, 3.8) is 0 Å². The molecule has 2 unspecified atom stereocenters. The van der Waals surface area contributed by atoms with Gasteiger partial charge in [0.1, 0.15) is 6.61 Å². The smallest absolute Gasteiger partial charge is 0.329 e. The molecule has 0 bridgehead atoms. The number of rotatable bonds is 8. The number of carbonyl (C=O) groups is 1. The molecule has 1 N–H and O–H groups in total. The highest BCUT2D eigenvalue weighted by molar-refractivity contribution is 5.68. The van der Waals surface area contributed by atoms with Crippen molar-refractivity contribution in [2.75, 3.05) is 6.61 Å². The lowest BCUT2D eigenvalue weighted by molar-refractivity contribution is -0.153. The molecule has 4 rings (SSSR count). The van der Waals surface area contributed by atoms with Gasteiger partial charge in [0.2, 0.25) is 0 Å². The fourth-order valence-electron chi connectivity index (χ4n) is 9.58. The Morgan fingerprint density at radius 1 is 0.938 bits per heavy atom. The van der Waals surface area contributed by atoms with Crippen LogP contribution in [0.4, 0.5) is 0 Å². The summed E-state index contributed by atoms with van der Waals surface area (Å²) in [5, 5.41) is 9.00. The monoisotopic (exact) mass is 446 g/mol. The SMILES string of the molecule is CC(C)CCC[C@@H](C)[C@H]1CC[C@H]2[C@@H]3CCC4CC(OCC(=O)O)CC[C@]4(C)[C@H]3CC[C@]12C. The lowest BCUT2D eigenvalue weighted by Gasteiger charge is -2.61. The molecule has 9 atom stereocenters. The van der Waals surface area contributed by atoms with Crippen molar-refractivity contribution in [2.24, 2.45) is 52.3 Å². The van der Waals surface area contributed by atoms with E-state index in [1.807, 2.05) is 0 Å². The highest BCUT2D eigenvalue weighted by atomic mass is 16.5. The summed E-state index contributed by atoms with van der Waals surface area (Å²) >= 11 is 0. The molecule has 0 aliphatic heterocycles. The van der Waals surface area contributed by atoms with Gasteiger partial charge in [-0.05, 0) is 110 Å². The van der Waals surface area contributed by atoms with Crippen LogP contribution in [0.15, 0.2) is 0 Å². The summed E-state index contributed by atoms with van der Waals surface area (Å²) in [7, 11) is 0. The van der Waals surface area contributed by atoms with Crippen LogP contribution in [0.3, 0.4) is 0 Å². The first-order valence-corrected chi connectivity index (χ1v) is 14.0. The molecule has 0 saturated heterocycles. The molecule has 32 heavy (non-hydrogen) atoms. The fraction of sp³-hybridized carbons (Fsp3) is 0.966. The van der Waals surface area contributed by atoms with Crippen molar-refractivity contribution in [1.29, 1.82) is 0 Å². The molecular formula is C29H50O3. The Balaban J connectivity index is 1.41. The van der Waals surface area contributed by atoms with Crippen molar-refractivity contribution in [2.45, 2.75) is 118 Å². The fourth-order valence-corrected chi connectivity index (χ4v) is 9.58. The second-order valence-electron chi connectivity index (χ2n) is 13.3. The molecule has 4 fully saturated rings. The normalized spacial score (nSPS) is 44.6. The van der Waals surface area contributed by atoms with Crippen molar-refractivity contribution in [3.8, 4) is 0 Å². The van der Waals surface area contributed by atoms with Crippen molar-refractivity contribution in [3.05, 3.63) is 0 Å². The van der Waals surface area contributed by atoms with Gasteiger partial charge in [0, 0.05) is 0 Å². The van der Waals surface area contributed by atoms with Crippen LogP contribution in [0.5, 0.6) is 0 Å². The molecule has 0 amide bonds. The molecule has 4 aliphatic carbocycles. The van der Waals surface area contributed by atoms with Gasteiger partial charge in [-0.1, -0.05) is 53.9 Å². The lowest BCUT2D eigenvalue weighted by Crippen LogP contribution is -2.54. The van der Waals surface area contributed by atoms with Gasteiger partial charge in [0.25, 0.3) is 0 Å². The molecule has 0 radical (unpaired) electrons. The zero-order chi connectivity index (χ0) is 23.1. The van der Waals surface area contributed by atoms with Crippen molar-refractivity contribution >= 4 is 5.97 Å². The number of carboxylic acids is 1. The highest BCUT2D eigenvalue weighted by Gasteiger charge is 2.60.